The Morgan fingerprint density at radius 3 is 2.76 bits per heavy atom. The van der Waals surface area contributed by atoms with Crippen LogP contribution in [0.15, 0.2) is 30.6 Å². The van der Waals surface area contributed by atoms with Crippen molar-refractivity contribution in [3.05, 3.63) is 52.6 Å². The molecule has 1 aromatic heterocycles. The molecular formula is C13H13ClN2O. The van der Waals surface area contributed by atoms with E-state index in [-0.39, 0.29) is 5.78 Å². The largest absolute Gasteiger partial charge is 0.338 e. The van der Waals surface area contributed by atoms with Gasteiger partial charge in [0.25, 0.3) is 0 Å². The van der Waals surface area contributed by atoms with E-state index in [0.717, 1.165) is 11.4 Å². The van der Waals surface area contributed by atoms with Gasteiger partial charge in [0.05, 0.1) is 5.02 Å². The van der Waals surface area contributed by atoms with Crippen LogP contribution in [0.25, 0.3) is 0 Å². The minimum Gasteiger partial charge on any atom is -0.338 e. The lowest BCUT2D eigenvalue weighted by molar-refractivity contribution is 0.101. The van der Waals surface area contributed by atoms with Gasteiger partial charge in [0.1, 0.15) is 5.82 Å². The van der Waals surface area contributed by atoms with Crippen molar-refractivity contribution in [1.82, 2.24) is 9.55 Å². The maximum atomic E-state index is 11.2. The van der Waals surface area contributed by atoms with Crippen LogP contribution in [0.3, 0.4) is 0 Å². The van der Waals surface area contributed by atoms with Gasteiger partial charge in [-0.15, -0.1) is 0 Å². The Labute approximate surface area is 105 Å². The van der Waals surface area contributed by atoms with E-state index < -0.39 is 0 Å². The summed E-state index contributed by atoms with van der Waals surface area (Å²) >= 11 is 6.06. The summed E-state index contributed by atoms with van der Waals surface area (Å²) in [7, 11) is 1.95. The van der Waals surface area contributed by atoms with Gasteiger partial charge in [-0.25, -0.2) is 4.98 Å². The molecule has 0 N–H and O–H groups in total. The van der Waals surface area contributed by atoms with Gasteiger partial charge in [-0.05, 0) is 24.6 Å². The maximum Gasteiger partial charge on any atom is 0.161 e. The molecule has 0 bridgehead atoms. The molecule has 4 heteroatoms. The third-order valence-electron chi connectivity index (χ3n) is 2.70. The van der Waals surface area contributed by atoms with E-state index in [0.29, 0.717) is 17.0 Å². The smallest absolute Gasteiger partial charge is 0.161 e. The van der Waals surface area contributed by atoms with Crippen molar-refractivity contribution < 1.29 is 4.79 Å². The van der Waals surface area contributed by atoms with E-state index in [9.17, 15) is 4.79 Å². The second kappa shape index (κ2) is 4.72. The van der Waals surface area contributed by atoms with Crippen LogP contribution in [-0.4, -0.2) is 15.3 Å². The second-order valence-electron chi connectivity index (χ2n) is 4.00. The number of aromatic nitrogens is 2. The number of carbonyl (C=O) groups excluding carboxylic acids is 1. The van der Waals surface area contributed by atoms with Gasteiger partial charge in [-0.3, -0.25) is 4.79 Å². The van der Waals surface area contributed by atoms with Crippen LogP contribution >= 0.6 is 11.6 Å². The van der Waals surface area contributed by atoms with E-state index >= 15 is 0 Å². The number of rotatable bonds is 3. The summed E-state index contributed by atoms with van der Waals surface area (Å²) in [5.74, 6) is 0.954. The average Bonchev–Trinajstić information content (AvgIpc) is 2.64. The van der Waals surface area contributed by atoms with E-state index in [1.165, 1.54) is 6.92 Å². The predicted octanol–water partition coefficient (Wildman–Crippen LogP) is 2.87. The predicted molar refractivity (Wildman–Crippen MR) is 67.5 cm³/mol. The zero-order valence-corrected chi connectivity index (χ0v) is 10.5. The first-order chi connectivity index (χ1) is 8.08. The molecule has 0 unspecified atom stereocenters. The Morgan fingerprint density at radius 1 is 1.47 bits per heavy atom. The van der Waals surface area contributed by atoms with Crippen LogP contribution in [0.2, 0.25) is 5.02 Å². The molecule has 17 heavy (non-hydrogen) atoms. The summed E-state index contributed by atoms with van der Waals surface area (Å²) in [6, 6.07) is 5.51. The molecule has 3 nitrogen and oxygen atoms in total. The van der Waals surface area contributed by atoms with Gasteiger partial charge >= 0.3 is 0 Å². The number of hydrogen-bond donors (Lipinski definition) is 0. The van der Waals surface area contributed by atoms with Gasteiger partial charge in [0.2, 0.25) is 0 Å². The Kier molecular flexibility index (Phi) is 3.29. The fraction of sp³-hybridized carbons (Fsp3) is 0.231. The molecule has 1 heterocycles. The Morgan fingerprint density at radius 2 is 2.24 bits per heavy atom. The number of benzene rings is 1. The molecule has 0 spiro atoms. The van der Waals surface area contributed by atoms with Gasteiger partial charge in [-0.2, -0.15) is 0 Å². The minimum absolute atomic E-state index is 0.0152. The average molecular weight is 249 g/mol. The van der Waals surface area contributed by atoms with Crippen molar-refractivity contribution in [3.8, 4) is 0 Å². The minimum atomic E-state index is -0.0152. The summed E-state index contributed by atoms with van der Waals surface area (Å²) in [6.07, 6.45) is 4.38. The molecule has 0 aliphatic carbocycles. The van der Waals surface area contributed by atoms with E-state index in [4.69, 9.17) is 11.6 Å². The fourth-order valence-electron chi connectivity index (χ4n) is 1.70. The molecule has 0 saturated heterocycles. The molecule has 2 rings (SSSR count). The first-order valence-corrected chi connectivity index (χ1v) is 5.71. The summed E-state index contributed by atoms with van der Waals surface area (Å²) in [5, 5.41) is 0.504. The number of Topliss-reactive ketones (excluding diaryl/α,β-unsaturated/α-hetero) is 1. The van der Waals surface area contributed by atoms with Gasteiger partial charge in [0, 0.05) is 31.4 Å². The standard InChI is InChI=1S/C13H13ClN2O/c1-9(17)11-4-3-10(7-12(11)14)8-13-15-5-6-16(13)2/h3-7H,8H2,1-2H3. The quantitative estimate of drug-likeness (QED) is 0.783. The van der Waals surface area contributed by atoms with Crippen LogP contribution < -0.4 is 0 Å². The SMILES string of the molecule is CC(=O)c1ccc(Cc2nccn2C)cc1Cl. The highest BCUT2D eigenvalue weighted by Crippen LogP contribution is 2.19. The van der Waals surface area contributed by atoms with Crippen molar-refractivity contribution in [3.63, 3.8) is 0 Å². The lowest BCUT2D eigenvalue weighted by Gasteiger charge is -2.05. The number of hydrogen-bond acceptors (Lipinski definition) is 2. The van der Waals surface area contributed by atoms with Gasteiger partial charge < -0.3 is 4.57 Å². The van der Waals surface area contributed by atoms with Crippen molar-refractivity contribution >= 4 is 17.4 Å². The molecule has 2 aromatic rings. The number of carbonyl (C=O) groups is 1. The maximum absolute atomic E-state index is 11.2. The van der Waals surface area contributed by atoms with Crippen LogP contribution in [-0.2, 0) is 13.5 Å². The summed E-state index contributed by atoms with van der Waals surface area (Å²) < 4.78 is 1.97. The zero-order valence-electron chi connectivity index (χ0n) is 9.77. The number of halogens is 1. The molecule has 0 fully saturated rings. The Bertz CT molecular complexity index is 560. The van der Waals surface area contributed by atoms with E-state index in [1.807, 2.05) is 29.9 Å². The Hall–Kier alpha value is -1.61. The zero-order chi connectivity index (χ0) is 12.4. The Balaban J connectivity index is 2.27. The molecule has 88 valence electrons. The summed E-state index contributed by atoms with van der Waals surface area (Å²) in [5.41, 5.74) is 1.62. The van der Waals surface area contributed by atoms with Crippen LogP contribution in [0, 0.1) is 0 Å². The van der Waals surface area contributed by atoms with Gasteiger partial charge in [-0.1, -0.05) is 17.7 Å². The molecule has 0 radical (unpaired) electrons. The lowest BCUT2D eigenvalue weighted by atomic mass is 10.1. The highest BCUT2D eigenvalue weighted by molar-refractivity contribution is 6.33. The monoisotopic (exact) mass is 248 g/mol. The molecule has 0 aliphatic rings. The highest BCUT2D eigenvalue weighted by Gasteiger charge is 2.07. The molecular weight excluding hydrogens is 236 g/mol. The lowest BCUT2D eigenvalue weighted by Crippen LogP contribution is -2.00. The van der Waals surface area contributed by atoms with Crippen LogP contribution in [0.4, 0.5) is 0 Å². The first-order valence-electron chi connectivity index (χ1n) is 5.33. The van der Waals surface area contributed by atoms with Crippen molar-refractivity contribution in [1.29, 1.82) is 0 Å². The molecule has 0 saturated carbocycles. The van der Waals surface area contributed by atoms with Gasteiger partial charge in [0.15, 0.2) is 5.78 Å². The molecule has 1 aromatic carbocycles. The van der Waals surface area contributed by atoms with E-state index in [1.54, 1.807) is 12.3 Å². The van der Waals surface area contributed by atoms with Crippen molar-refractivity contribution in [2.45, 2.75) is 13.3 Å². The first kappa shape index (κ1) is 11.9. The number of aryl methyl sites for hydroxylation is 1. The summed E-state index contributed by atoms with van der Waals surface area (Å²) in [4.78, 5) is 15.5. The molecule has 0 aliphatic heterocycles. The third-order valence-corrected chi connectivity index (χ3v) is 3.01. The third kappa shape index (κ3) is 2.56. The van der Waals surface area contributed by atoms with Crippen molar-refractivity contribution in [2.24, 2.45) is 7.05 Å². The topological polar surface area (TPSA) is 34.9 Å². The molecule has 0 atom stereocenters. The number of nitrogens with zero attached hydrogens (tertiary/aromatic N) is 2. The van der Waals surface area contributed by atoms with Crippen LogP contribution in [0.1, 0.15) is 28.7 Å². The summed E-state index contributed by atoms with van der Waals surface area (Å²) in [6.45, 7) is 1.51. The number of ketones is 1. The highest BCUT2D eigenvalue weighted by atomic mass is 35.5. The van der Waals surface area contributed by atoms with E-state index in [2.05, 4.69) is 4.98 Å². The van der Waals surface area contributed by atoms with Crippen molar-refractivity contribution in [2.75, 3.05) is 0 Å². The fourth-order valence-corrected chi connectivity index (χ4v) is 2.04. The normalized spacial score (nSPS) is 10.5. The number of imidazole rings is 1. The van der Waals surface area contributed by atoms with Crippen LogP contribution in [0.5, 0.6) is 0 Å². The molecule has 0 amide bonds. The second-order valence-corrected chi connectivity index (χ2v) is 4.41.